The van der Waals surface area contributed by atoms with Gasteiger partial charge in [-0.1, -0.05) is 5.16 Å². The van der Waals surface area contributed by atoms with Gasteiger partial charge in [-0.15, -0.1) is 0 Å². The SMILES string of the molecule is O=[N+]([O-])c1ccc(F)c(-c2noc(CNC3CC3)n2)c1F. The maximum atomic E-state index is 14.0. The first kappa shape index (κ1) is 13.6. The predicted octanol–water partition coefficient (Wildman–Crippen LogP) is 2.17. The van der Waals surface area contributed by atoms with E-state index in [2.05, 4.69) is 15.5 Å². The Morgan fingerprint density at radius 3 is 2.86 bits per heavy atom. The van der Waals surface area contributed by atoms with Crippen molar-refractivity contribution in [1.29, 1.82) is 0 Å². The Morgan fingerprint density at radius 1 is 1.43 bits per heavy atom. The lowest BCUT2D eigenvalue weighted by molar-refractivity contribution is -0.387. The normalized spacial score (nSPS) is 14.4. The molecule has 0 spiro atoms. The van der Waals surface area contributed by atoms with Gasteiger partial charge >= 0.3 is 5.69 Å². The molecule has 1 aliphatic carbocycles. The van der Waals surface area contributed by atoms with E-state index in [4.69, 9.17) is 4.52 Å². The molecule has 7 nitrogen and oxygen atoms in total. The number of nitrogens with one attached hydrogen (secondary N) is 1. The van der Waals surface area contributed by atoms with Crippen molar-refractivity contribution in [3.8, 4) is 11.4 Å². The molecule has 0 amide bonds. The average molecular weight is 296 g/mol. The van der Waals surface area contributed by atoms with Gasteiger partial charge in [0.25, 0.3) is 0 Å². The third-order valence-corrected chi connectivity index (χ3v) is 3.08. The molecule has 110 valence electrons. The fraction of sp³-hybridized carbons (Fsp3) is 0.333. The van der Waals surface area contributed by atoms with Gasteiger partial charge in [0.15, 0.2) is 0 Å². The monoisotopic (exact) mass is 296 g/mol. The van der Waals surface area contributed by atoms with E-state index in [0.29, 0.717) is 6.04 Å². The topological polar surface area (TPSA) is 94.1 Å². The van der Waals surface area contributed by atoms with E-state index in [9.17, 15) is 18.9 Å². The molecule has 0 radical (unpaired) electrons. The number of hydrogen-bond donors (Lipinski definition) is 1. The van der Waals surface area contributed by atoms with Crippen molar-refractivity contribution >= 4 is 5.69 Å². The van der Waals surface area contributed by atoms with Crippen molar-refractivity contribution in [3.05, 3.63) is 39.8 Å². The van der Waals surface area contributed by atoms with Crippen LogP contribution in [0.4, 0.5) is 14.5 Å². The van der Waals surface area contributed by atoms with Crippen LogP contribution in [0, 0.1) is 21.7 Å². The van der Waals surface area contributed by atoms with E-state index in [1.807, 2.05) is 0 Å². The standard InChI is InChI=1S/C12H10F2N4O3/c13-7-3-4-8(18(19)20)11(14)10(7)12-16-9(21-17-12)5-15-6-1-2-6/h3-4,6,15H,1-2,5H2. The second-order valence-electron chi connectivity index (χ2n) is 4.68. The van der Waals surface area contributed by atoms with Crippen molar-refractivity contribution in [1.82, 2.24) is 15.5 Å². The molecule has 1 saturated carbocycles. The Kier molecular flexibility index (Phi) is 3.34. The molecule has 2 aromatic rings. The predicted molar refractivity (Wildman–Crippen MR) is 66.2 cm³/mol. The van der Waals surface area contributed by atoms with E-state index in [1.54, 1.807) is 0 Å². The van der Waals surface area contributed by atoms with E-state index < -0.39 is 27.8 Å². The number of halogens is 2. The van der Waals surface area contributed by atoms with Crippen molar-refractivity contribution in [2.24, 2.45) is 0 Å². The lowest BCUT2D eigenvalue weighted by atomic mass is 10.1. The first-order valence-electron chi connectivity index (χ1n) is 6.25. The highest BCUT2D eigenvalue weighted by Crippen LogP contribution is 2.30. The van der Waals surface area contributed by atoms with Gasteiger partial charge in [0.05, 0.1) is 11.5 Å². The van der Waals surface area contributed by atoms with Crippen LogP contribution >= 0.6 is 0 Å². The van der Waals surface area contributed by atoms with Crippen molar-refractivity contribution in [2.75, 3.05) is 0 Å². The first-order valence-corrected chi connectivity index (χ1v) is 6.25. The Balaban J connectivity index is 1.91. The number of nitro groups is 1. The number of benzene rings is 1. The molecular weight excluding hydrogens is 286 g/mol. The van der Waals surface area contributed by atoms with Crippen molar-refractivity contribution in [2.45, 2.75) is 25.4 Å². The Bertz CT molecular complexity index is 700. The van der Waals surface area contributed by atoms with Gasteiger partial charge in [-0.2, -0.15) is 9.37 Å². The molecule has 9 heteroatoms. The molecule has 21 heavy (non-hydrogen) atoms. The zero-order chi connectivity index (χ0) is 15.0. The molecule has 0 bridgehead atoms. The maximum Gasteiger partial charge on any atom is 0.305 e. The minimum atomic E-state index is -1.32. The second kappa shape index (κ2) is 5.17. The minimum absolute atomic E-state index is 0.169. The summed E-state index contributed by atoms with van der Waals surface area (Å²) in [5.74, 6) is -2.48. The molecule has 1 aromatic heterocycles. The minimum Gasteiger partial charge on any atom is -0.338 e. The summed E-state index contributed by atoms with van der Waals surface area (Å²) in [6.07, 6.45) is 2.13. The van der Waals surface area contributed by atoms with Gasteiger partial charge in [-0.05, 0) is 18.9 Å². The van der Waals surface area contributed by atoms with Crippen LogP contribution in [0.2, 0.25) is 0 Å². The fourth-order valence-electron chi connectivity index (χ4n) is 1.83. The molecule has 3 rings (SSSR count). The summed E-state index contributed by atoms with van der Waals surface area (Å²) < 4.78 is 32.6. The summed E-state index contributed by atoms with van der Waals surface area (Å²) in [4.78, 5) is 13.6. The number of nitrogens with zero attached hydrogens (tertiary/aromatic N) is 3. The smallest absolute Gasteiger partial charge is 0.305 e. The van der Waals surface area contributed by atoms with Crippen LogP contribution in [0.15, 0.2) is 16.7 Å². The van der Waals surface area contributed by atoms with Crippen molar-refractivity contribution < 1.29 is 18.2 Å². The highest BCUT2D eigenvalue weighted by molar-refractivity contribution is 5.61. The molecule has 1 aliphatic rings. The Labute approximate surface area is 117 Å². The van der Waals surface area contributed by atoms with Crippen molar-refractivity contribution in [3.63, 3.8) is 0 Å². The molecule has 0 aliphatic heterocycles. The third kappa shape index (κ3) is 2.72. The number of aromatic nitrogens is 2. The van der Waals surface area contributed by atoms with Gasteiger partial charge < -0.3 is 9.84 Å². The maximum absolute atomic E-state index is 14.0. The number of nitro benzene ring substituents is 1. The lowest BCUT2D eigenvalue weighted by Crippen LogP contribution is -2.15. The Morgan fingerprint density at radius 2 is 2.19 bits per heavy atom. The highest BCUT2D eigenvalue weighted by Gasteiger charge is 2.26. The highest BCUT2D eigenvalue weighted by atomic mass is 19.1. The van der Waals surface area contributed by atoms with Gasteiger partial charge in [0.1, 0.15) is 11.4 Å². The summed E-state index contributed by atoms with van der Waals surface area (Å²) in [5.41, 5.74) is -1.50. The van der Waals surface area contributed by atoms with Crippen LogP contribution in [0.25, 0.3) is 11.4 Å². The molecular formula is C12H10F2N4O3. The number of rotatable bonds is 5. The molecule has 1 aromatic carbocycles. The van der Waals surface area contributed by atoms with Crippen LogP contribution in [0.5, 0.6) is 0 Å². The van der Waals surface area contributed by atoms with E-state index in [-0.39, 0.29) is 18.3 Å². The zero-order valence-electron chi connectivity index (χ0n) is 10.7. The van der Waals surface area contributed by atoms with E-state index in [0.717, 1.165) is 25.0 Å². The Hall–Kier alpha value is -2.42. The van der Waals surface area contributed by atoms with Crippen LogP contribution < -0.4 is 5.32 Å². The zero-order valence-corrected chi connectivity index (χ0v) is 10.7. The molecule has 1 fully saturated rings. The van der Waals surface area contributed by atoms with Gasteiger partial charge in [-0.3, -0.25) is 10.1 Å². The molecule has 0 unspecified atom stereocenters. The summed E-state index contributed by atoms with van der Waals surface area (Å²) in [5, 5.41) is 17.3. The fourth-order valence-corrected chi connectivity index (χ4v) is 1.83. The third-order valence-electron chi connectivity index (χ3n) is 3.08. The molecule has 0 atom stereocenters. The van der Waals surface area contributed by atoms with Crippen LogP contribution in [0.3, 0.4) is 0 Å². The number of hydrogen-bond acceptors (Lipinski definition) is 6. The van der Waals surface area contributed by atoms with Gasteiger partial charge in [-0.25, -0.2) is 4.39 Å². The first-order chi connectivity index (χ1) is 10.1. The van der Waals surface area contributed by atoms with Gasteiger partial charge in [0, 0.05) is 12.1 Å². The van der Waals surface area contributed by atoms with Crippen LogP contribution in [-0.4, -0.2) is 21.1 Å². The summed E-state index contributed by atoms with van der Waals surface area (Å²) in [6.45, 7) is 0.288. The second-order valence-corrected chi connectivity index (χ2v) is 4.68. The summed E-state index contributed by atoms with van der Waals surface area (Å²) >= 11 is 0. The van der Waals surface area contributed by atoms with Crippen LogP contribution in [-0.2, 0) is 6.54 Å². The van der Waals surface area contributed by atoms with Gasteiger partial charge in [0.2, 0.25) is 17.5 Å². The summed E-state index contributed by atoms with van der Waals surface area (Å²) in [7, 11) is 0. The quantitative estimate of drug-likeness (QED) is 0.671. The molecule has 1 heterocycles. The average Bonchev–Trinajstić information content (AvgIpc) is 3.15. The lowest BCUT2D eigenvalue weighted by Gasteiger charge is -2.00. The van der Waals surface area contributed by atoms with E-state index in [1.165, 1.54) is 0 Å². The van der Waals surface area contributed by atoms with E-state index >= 15 is 0 Å². The molecule has 1 N–H and O–H groups in total. The molecule has 0 saturated heterocycles. The largest absolute Gasteiger partial charge is 0.338 e. The van der Waals surface area contributed by atoms with Crippen LogP contribution in [0.1, 0.15) is 18.7 Å². The summed E-state index contributed by atoms with van der Waals surface area (Å²) in [6, 6.07) is 1.96.